The minimum atomic E-state index is -0.260. The van der Waals surface area contributed by atoms with Crippen LogP contribution >= 0.6 is 11.8 Å². The number of pyridine rings is 1. The number of aromatic amines is 1. The molecule has 22 heavy (non-hydrogen) atoms. The molecule has 0 unspecified atom stereocenters. The molecule has 108 valence electrons. The van der Waals surface area contributed by atoms with E-state index in [2.05, 4.69) is 15.0 Å². The maximum absolute atomic E-state index is 13.6. The summed E-state index contributed by atoms with van der Waals surface area (Å²) >= 11 is 1.49. The standard InChI is InChI=1S/C17H12FN3S/c1-10-8-16(12-9-11(18)6-7-13(12)19-10)22-17-20-14-4-2-3-5-15(14)21-17/h2-9H,1H3,(H,20,21). The van der Waals surface area contributed by atoms with E-state index in [1.165, 1.54) is 23.9 Å². The number of rotatable bonds is 2. The largest absolute Gasteiger partial charge is 0.333 e. The van der Waals surface area contributed by atoms with Gasteiger partial charge in [0.15, 0.2) is 5.16 Å². The molecule has 4 aromatic rings. The fourth-order valence-electron chi connectivity index (χ4n) is 2.46. The summed E-state index contributed by atoms with van der Waals surface area (Å²) in [4.78, 5) is 13.2. The van der Waals surface area contributed by atoms with Crippen LogP contribution in [0.3, 0.4) is 0 Å². The molecule has 3 nitrogen and oxygen atoms in total. The second kappa shape index (κ2) is 5.10. The first kappa shape index (κ1) is 13.3. The number of fused-ring (bicyclic) bond motifs is 2. The minimum absolute atomic E-state index is 0.260. The second-order valence-electron chi connectivity index (χ2n) is 5.08. The molecule has 0 bridgehead atoms. The van der Waals surface area contributed by atoms with E-state index in [0.717, 1.165) is 37.7 Å². The van der Waals surface area contributed by atoms with Crippen LogP contribution in [0.5, 0.6) is 0 Å². The summed E-state index contributed by atoms with van der Waals surface area (Å²) in [6.07, 6.45) is 0. The third-order valence-corrected chi connectivity index (χ3v) is 4.38. The van der Waals surface area contributed by atoms with Gasteiger partial charge in [0, 0.05) is 16.0 Å². The van der Waals surface area contributed by atoms with Crippen molar-refractivity contribution in [2.75, 3.05) is 0 Å². The average Bonchev–Trinajstić information content (AvgIpc) is 2.90. The van der Waals surface area contributed by atoms with Crippen molar-refractivity contribution in [2.24, 2.45) is 0 Å². The molecule has 0 saturated carbocycles. The number of imidazole rings is 1. The van der Waals surface area contributed by atoms with Gasteiger partial charge in [0.2, 0.25) is 0 Å². The van der Waals surface area contributed by atoms with E-state index in [9.17, 15) is 4.39 Å². The van der Waals surface area contributed by atoms with Gasteiger partial charge in [-0.25, -0.2) is 9.37 Å². The van der Waals surface area contributed by atoms with Crippen molar-refractivity contribution < 1.29 is 4.39 Å². The lowest BCUT2D eigenvalue weighted by Crippen LogP contribution is -1.88. The van der Waals surface area contributed by atoms with Crippen molar-refractivity contribution in [1.29, 1.82) is 0 Å². The molecular weight excluding hydrogens is 297 g/mol. The average molecular weight is 309 g/mol. The summed E-state index contributed by atoms with van der Waals surface area (Å²) in [5.74, 6) is -0.260. The van der Waals surface area contributed by atoms with Crippen LogP contribution in [0.1, 0.15) is 5.69 Å². The number of aromatic nitrogens is 3. The van der Waals surface area contributed by atoms with Gasteiger partial charge in [0.1, 0.15) is 5.82 Å². The number of H-pyrrole nitrogens is 1. The number of nitrogens with one attached hydrogen (secondary N) is 1. The number of benzene rings is 2. The molecule has 2 heterocycles. The topological polar surface area (TPSA) is 41.6 Å². The Morgan fingerprint density at radius 3 is 2.73 bits per heavy atom. The van der Waals surface area contributed by atoms with Crippen LogP contribution in [0, 0.1) is 12.7 Å². The smallest absolute Gasteiger partial charge is 0.171 e. The molecule has 0 aliphatic heterocycles. The van der Waals surface area contributed by atoms with E-state index in [0.29, 0.717) is 0 Å². The quantitative estimate of drug-likeness (QED) is 0.583. The van der Waals surface area contributed by atoms with Crippen molar-refractivity contribution in [2.45, 2.75) is 17.0 Å². The van der Waals surface area contributed by atoms with Gasteiger partial charge in [-0.2, -0.15) is 0 Å². The van der Waals surface area contributed by atoms with E-state index in [1.807, 2.05) is 37.3 Å². The predicted octanol–water partition coefficient (Wildman–Crippen LogP) is 4.71. The maximum atomic E-state index is 13.6. The van der Waals surface area contributed by atoms with Gasteiger partial charge < -0.3 is 4.98 Å². The van der Waals surface area contributed by atoms with Crippen LogP contribution in [0.4, 0.5) is 4.39 Å². The summed E-state index contributed by atoms with van der Waals surface area (Å²) in [7, 11) is 0. The maximum Gasteiger partial charge on any atom is 0.171 e. The number of halogens is 1. The Bertz CT molecular complexity index is 961. The normalized spacial score (nSPS) is 11.4. The third-order valence-electron chi connectivity index (χ3n) is 3.44. The lowest BCUT2D eigenvalue weighted by molar-refractivity contribution is 0.629. The van der Waals surface area contributed by atoms with Crippen LogP contribution in [-0.4, -0.2) is 15.0 Å². The van der Waals surface area contributed by atoms with Crippen LogP contribution < -0.4 is 0 Å². The first-order chi connectivity index (χ1) is 10.7. The highest BCUT2D eigenvalue weighted by Gasteiger charge is 2.10. The summed E-state index contributed by atoms with van der Waals surface area (Å²) in [6, 6.07) is 14.5. The van der Waals surface area contributed by atoms with Gasteiger partial charge in [-0.05, 0) is 43.3 Å². The molecular formula is C17H12FN3S. The molecule has 5 heteroatoms. The monoisotopic (exact) mass is 309 g/mol. The molecule has 0 fully saturated rings. The van der Waals surface area contributed by atoms with E-state index in [-0.39, 0.29) is 5.82 Å². The van der Waals surface area contributed by atoms with E-state index < -0.39 is 0 Å². The predicted molar refractivity (Wildman–Crippen MR) is 86.7 cm³/mol. The molecule has 0 atom stereocenters. The Balaban J connectivity index is 1.84. The third kappa shape index (κ3) is 2.33. The molecule has 0 radical (unpaired) electrons. The highest BCUT2D eigenvalue weighted by atomic mass is 32.2. The number of nitrogens with zero attached hydrogens (tertiary/aromatic N) is 2. The molecule has 2 aromatic heterocycles. The zero-order valence-corrected chi connectivity index (χ0v) is 12.6. The molecule has 0 aliphatic carbocycles. The first-order valence-corrected chi connectivity index (χ1v) is 7.70. The highest BCUT2D eigenvalue weighted by molar-refractivity contribution is 7.99. The van der Waals surface area contributed by atoms with Crippen molar-refractivity contribution in [3.05, 3.63) is 60.0 Å². The summed E-state index contributed by atoms with van der Waals surface area (Å²) in [6.45, 7) is 1.94. The lowest BCUT2D eigenvalue weighted by Gasteiger charge is -2.06. The van der Waals surface area contributed by atoms with Gasteiger partial charge in [-0.1, -0.05) is 23.9 Å². The van der Waals surface area contributed by atoms with Gasteiger partial charge in [0.25, 0.3) is 0 Å². The lowest BCUT2D eigenvalue weighted by atomic mass is 10.2. The summed E-state index contributed by atoms with van der Waals surface area (Å²) in [5, 5.41) is 1.59. The van der Waals surface area contributed by atoms with Crippen LogP contribution in [0.25, 0.3) is 21.9 Å². The van der Waals surface area contributed by atoms with Gasteiger partial charge in [-0.3, -0.25) is 4.98 Å². The Morgan fingerprint density at radius 1 is 1.00 bits per heavy atom. The molecule has 1 N–H and O–H groups in total. The highest BCUT2D eigenvalue weighted by Crippen LogP contribution is 2.33. The molecule has 4 rings (SSSR count). The van der Waals surface area contributed by atoms with E-state index >= 15 is 0 Å². The number of aryl methyl sites for hydroxylation is 1. The number of hydrogen-bond acceptors (Lipinski definition) is 3. The Hall–Kier alpha value is -2.40. The zero-order chi connectivity index (χ0) is 15.1. The van der Waals surface area contributed by atoms with Crippen molar-refractivity contribution in [1.82, 2.24) is 15.0 Å². The fourth-order valence-corrected chi connectivity index (χ4v) is 3.48. The van der Waals surface area contributed by atoms with Crippen molar-refractivity contribution in [3.8, 4) is 0 Å². The zero-order valence-electron chi connectivity index (χ0n) is 11.8. The fraction of sp³-hybridized carbons (Fsp3) is 0.0588. The SMILES string of the molecule is Cc1cc(Sc2nc3ccccc3[nH]2)c2cc(F)ccc2n1. The van der Waals surface area contributed by atoms with Crippen LogP contribution in [0.15, 0.2) is 58.6 Å². The van der Waals surface area contributed by atoms with Crippen molar-refractivity contribution in [3.63, 3.8) is 0 Å². The van der Waals surface area contributed by atoms with Gasteiger partial charge in [0.05, 0.1) is 16.6 Å². The Labute approximate surface area is 130 Å². The minimum Gasteiger partial charge on any atom is -0.333 e. The molecule has 0 aliphatic rings. The van der Waals surface area contributed by atoms with E-state index in [4.69, 9.17) is 0 Å². The molecule has 0 spiro atoms. The van der Waals surface area contributed by atoms with Crippen molar-refractivity contribution >= 4 is 33.7 Å². The number of para-hydroxylation sites is 2. The second-order valence-corrected chi connectivity index (χ2v) is 6.12. The summed E-state index contributed by atoms with van der Waals surface area (Å²) < 4.78 is 13.6. The van der Waals surface area contributed by atoms with E-state index in [1.54, 1.807) is 6.07 Å². The molecule has 0 amide bonds. The Kier molecular flexibility index (Phi) is 3.08. The Morgan fingerprint density at radius 2 is 1.86 bits per heavy atom. The number of hydrogen-bond donors (Lipinski definition) is 1. The van der Waals surface area contributed by atoms with Crippen LogP contribution in [0.2, 0.25) is 0 Å². The molecule has 2 aromatic carbocycles. The van der Waals surface area contributed by atoms with Gasteiger partial charge >= 0.3 is 0 Å². The first-order valence-electron chi connectivity index (χ1n) is 6.88. The molecule has 0 saturated heterocycles. The summed E-state index contributed by atoms with van der Waals surface area (Å²) in [5.41, 5.74) is 3.61. The van der Waals surface area contributed by atoms with Gasteiger partial charge in [-0.15, -0.1) is 0 Å². The van der Waals surface area contributed by atoms with Crippen LogP contribution in [-0.2, 0) is 0 Å².